The Morgan fingerprint density at radius 3 is 2.10 bits per heavy atom. The molecule has 0 aliphatic carbocycles. The van der Waals surface area contributed by atoms with Crippen LogP contribution in [0, 0.1) is 18.7 Å². The van der Waals surface area contributed by atoms with Crippen LogP contribution >= 0.6 is 0 Å². The lowest BCUT2D eigenvalue weighted by Gasteiger charge is -2.33. The second-order valence-corrected chi connectivity index (χ2v) is 11.7. The Morgan fingerprint density at radius 2 is 1.54 bits per heavy atom. The van der Waals surface area contributed by atoms with E-state index in [0.29, 0.717) is 13.0 Å². The zero-order chi connectivity index (χ0) is 28.6. The molecule has 0 fully saturated rings. The fraction of sp³-hybridized carbons (Fsp3) is 0.333. The Hall–Kier alpha value is -3.72. The summed E-state index contributed by atoms with van der Waals surface area (Å²) >= 11 is 0. The van der Waals surface area contributed by atoms with Gasteiger partial charge < -0.3 is 10.2 Å². The maximum absolute atomic E-state index is 14.0. The lowest BCUT2D eigenvalue weighted by Crippen LogP contribution is -2.52. The number of amides is 2. The smallest absolute Gasteiger partial charge is 0.264 e. The van der Waals surface area contributed by atoms with Gasteiger partial charge in [0.05, 0.1) is 10.6 Å². The van der Waals surface area contributed by atoms with Gasteiger partial charge >= 0.3 is 0 Å². The molecule has 1 N–H and O–H groups in total. The van der Waals surface area contributed by atoms with Gasteiger partial charge in [-0.1, -0.05) is 68.8 Å². The van der Waals surface area contributed by atoms with Crippen LogP contribution in [-0.2, 0) is 26.2 Å². The van der Waals surface area contributed by atoms with Crippen LogP contribution < -0.4 is 9.62 Å². The molecule has 208 valence electrons. The summed E-state index contributed by atoms with van der Waals surface area (Å²) < 4.78 is 42.0. The normalized spacial score (nSPS) is 12.2. The van der Waals surface area contributed by atoms with Gasteiger partial charge in [0.2, 0.25) is 11.8 Å². The van der Waals surface area contributed by atoms with Crippen LogP contribution in [0.2, 0.25) is 0 Å². The fourth-order valence-corrected chi connectivity index (χ4v) is 5.50. The SMILES string of the molecule is CC[C@@H](C(=O)NCC(C)C)N(Cc1ccc(C)cc1)C(=O)CN(c1ccccc1)S(=O)(=O)c1ccc(F)cc1. The summed E-state index contributed by atoms with van der Waals surface area (Å²) in [6.45, 7) is 7.79. The molecule has 0 unspecified atom stereocenters. The highest BCUT2D eigenvalue weighted by atomic mass is 32.2. The number of benzene rings is 3. The number of nitrogens with one attached hydrogen (secondary N) is 1. The van der Waals surface area contributed by atoms with Crippen molar-refractivity contribution in [1.29, 1.82) is 0 Å². The topological polar surface area (TPSA) is 86.8 Å². The van der Waals surface area contributed by atoms with Crippen LogP contribution in [0.3, 0.4) is 0 Å². The average molecular weight is 554 g/mol. The first-order valence-corrected chi connectivity index (χ1v) is 14.4. The minimum atomic E-state index is -4.23. The molecule has 0 aliphatic heterocycles. The Bertz CT molecular complexity index is 1350. The first-order valence-electron chi connectivity index (χ1n) is 13.0. The molecular formula is C30H36FN3O4S. The Morgan fingerprint density at radius 1 is 0.923 bits per heavy atom. The van der Waals surface area contributed by atoms with Crippen LogP contribution in [0.4, 0.5) is 10.1 Å². The molecule has 0 heterocycles. The summed E-state index contributed by atoms with van der Waals surface area (Å²) in [4.78, 5) is 28.5. The molecular weight excluding hydrogens is 517 g/mol. The molecule has 3 aromatic carbocycles. The van der Waals surface area contributed by atoms with Crippen LogP contribution in [0.15, 0.2) is 83.8 Å². The minimum Gasteiger partial charge on any atom is -0.354 e. The molecule has 0 radical (unpaired) electrons. The Kier molecular flexibility index (Phi) is 10.2. The zero-order valence-electron chi connectivity index (χ0n) is 22.8. The third-order valence-electron chi connectivity index (χ3n) is 6.27. The predicted molar refractivity (Wildman–Crippen MR) is 151 cm³/mol. The number of halogens is 1. The lowest BCUT2D eigenvalue weighted by atomic mass is 10.1. The van der Waals surface area contributed by atoms with Crippen molar-refractivity contribution in [2.45, 2.75) is 51.6 Å². The number of nitrogens with zero attached hydrogens (tertiary/aromatic N) is 2. The first-order chi connectivity index (χ1) is 18.5. The molecule has 3 aromatic rings. The van der Waals surface area contributed by atoms with Gasteiger partial charge in [0.25, 0.3) is 10.0 Å². The number of sulfonamides is 1. The zero-order valence-corrected chi connectivity index (χ0v) is 23.6. The molecule has 1 atom stereocenters. The van der Waals surface area contributed by atoms with Crippen molar-refractivity contribution < 1.29 is 22.4 Å². The summed E-state index contributed by atoms with van der Waals surface area (Å²) in [6.07, 6.45) is 0.345. The number of aryl methyl sites for hydroxylation is 1. The second kappa shape index (κ2) is 13.4. The van der Waals surface area contributed by atoms with Crippen molar-refractivity contribution >= 4 is 27.5 Å². The highest BCUT2D eigenvalue weighted by Gasteiger charge is 2.33. The van der Waals surface area contributed by atoms with E-state index in [-0.39, 0.29) is 29.0 Å². The van der Waals surface area contributed by atoms with E-state index in [1.807, 2.05) is 52.0 Å². The van der Waals surface area contributed by atoms with Gasteiger partial charge in [0.1, 0.15) is 18.4 Å². The highest BCUT2D eigenvalue weighted by Crippen LogP contribution is 2.25. The van der Waals surface area contributed by atoms with Gasteiger partial charge in [0.15, 0.2) is 0 Å². The van der Waals surface area contributed by atoms with Crippen LogP contribution in [0.5, 0.6) is 0 Å². The van der Waals surface area contributed by atoms with Gasteiger partial charge in [-0.25, -0.2) is 12.8 Å². The molecule has 3 rings (SSSR count). The maximum atomic E-state index is 14.0. The number of carbonyl (C=O) groups is 2. The lowest BCUT2D eigenvalue weighted by molar-refractivity contribution is -0.140. The van der Waals surface area contributed by atoms with Crippen molar-refractivity contribution in [3.8, 4) is 0 Å². The van der Waals surface area contributed by atoms with Crippen LogP contribution in [-0.4, -0.2) is 44.3 Å². The van der Waals surface area contributed by atoms with E-state index >= 15 is 0 Å². The second-order valence-electron chi connectivity index (χ2n) is 9.87. The largest absolute Gasteiger partial charge is 0.354 e. The van der Waals surface area contributed by atoms with E-state index in [1.165, 1.54) is 17.0 Å². The number of para-hydroxylation sites is 1. The molecule has 0 bridgehead atoms. The van der Waals surface area contributed by atoms with Gasteiger partial charge in [-0.2, -0.15) is 0 Å². The number of carbonyl (C=O) groups excluding carboxylic acids is 2. The standard InChI is InChI=1S/C30H36FN3O4S/c1-5-28(30(36)32-19-22(2)3)33(20-24-13-11-23(4)12-14-24)29(35)21-34(26-9-7-6-8-10-26)39(37,38)27-17-15-25(31)16-18-27/h6-18,22,28H,5,19-21H2,1-4H3,(H,32,36)/t28-/m0/s1. The van der Waals surface area contributed by atoms with Gasteiger partial charge in [-0.3, -0.25) is 13.9 Å². The number of hydrogen-bond acceptors (Lipinski definition) is 4. The molecule has 0 saturated carbocycles. The quantitative estimate of drug-likeness (QED) is 0.345. The Labute approximate surface area is 230 Å². The number of hydrogen-bond donors (Lipinski definition) is 1. The molecule has 2 amide bonds. The van der Waals surface area contributed by atoms with Gasteiger partial charge in [-0.15, -0.1) is 0 Å². The van der Waals surface area contributed by atoms with Crippen LogP contribution in [0.25, 0.3) is 0 Å². The van der Waals surface area contributed by atoms with Gasteiger partial charge in [0, 0.05) is 13.1 Å². The van der Waals surface area contributed by atoms with Crippen LogP contribution in [0.1, 0.15) is 38.3 Å². The van der Waals surface area contributed by atoms with E-state index in [4.69, 9.17) is 0 Å². The monoisotopic (exact) mass is 553 g/mol. The fourth-order valence-electron chi connectivity index (χ4n) is 4.09. The highest BCUT2D eigenvalue weighted by molar-refractivity contribution is 7.92. The maximum Gasteiger partial charge on any atom is 0.264 e. The average Bonchev–Trinajstić information content (AvgIpc) is 2.92. The third kappa shape index (κ3) is 7.89. The third-order valence-corrected chi connectivity index (χ3v) is 8.06. The Balaban J connectivity index is 2.01. The molecule has 9 heteroatoms. The summed E-state index contributed by atoms with van der Waals surface area (Å²) in [7, 11) is -4.23. The van der Waals surface area contributed by atoms with E-state index in [0.717, 1.165) is 27.6 Å². The van der Waals surface area contributed by atoms with E-state index in [2.05, 4.69) is 5.32 Å². The molecule has 0 aliphatic rings. The summed E-state index contributed by atoms with van der Waals surface area (Å²) in [5, 5.41) is 2.91. The predicted octanol–water partition coefficient (Wildman–Crippen LogP) is 4.91. The molecule has 0 saturated heterocycles. The molecule has 39 heavy (non-hydrogen) atoms. The molecule has 0 aromatic heterocycles. The summed E-state index contributed by atoms with van der Waals surface area (Å²) in [5.74, 6) is -1.17. The van der Waals surface area contributed by atoms with E-state index < -0.39 is 34.3 Å². The first kappa shape index (κ1) is 29.8. The summed E-state index contributed by atoms with van der Waals surface area (Å²) in [6, 6.07) is 19.5. The van der Waals surface area contributed by atoms with Crippen molar-refractivity contribution in [1.82, 2.24) is 10.2 Å². The minimum absolute atomic E-state index is 0.131. The number of anilines is 1. The summed E-state index contributed by atoms with van der Waals surface area (Å²) in [5.41, 5.74) is 2.15. The van der Waals surface area contributed by atoms with Crippen molar-refractivity contribution in [3.05, 3.63) is 95.8 Å². The van der Waals surface area contributed by atoms with Crippen molar-refractivity contribution in [3.63, 3.8) is 0 Å². The molecule has 7 nitrogen and oxygen atoms in total. The van der Waals surface area contributed by atoms with Crippen molar-refractivity contribution in [2.24, 2.45) is 5.92 Å². The number of rotatable bonds is 12. The van der Waals surface area contributed by atoms with Gasteiger partial charge in [-0.05, 0) is 61.2 Å². The van der Waals surface area contributed by atoms with Crippen molar-refractivity contribution in [2.75, 3.05) is 17.4 Å². The van der Waals surface area contributed by atoms with E-state index in [9.17, 15) is 22.4 Å². The van der Waals surface area contributed by atoms with E-state index in [1.54, 1.807) is 30.3 Å². The molecule has 0 spiro atoms.